The summed E-state index contributed by atoms with van der Waals surface area (Å²) in [6, 6.07) is 7.76. The van der Waals surface area contributed by atoms with Crippen LogP contribution < -0.4 is 4.74 Å². The normalized spacial score (nSPS) is 10.4. The monoisotopic (exact) mass is 288 g/mol. The zero-order chi connectivity index (χ0) is 11.6. The molecule has 0 spiro atoms. The van der Waals surface area contributed by atoms with Crippen LogP contribution in [0.2, 0.25) is 0 Å². The van der Waals surface area contributed by atoms with E-state index in [2.05, 4.69) is 15.9 Å². The Morgan fingerprint density at radius 1 is 1.00 bits per heavy atom. The Morgan fingerprint density at radius 3 is 2.44 bits per heavy atom. The summed E-state index contributed by atoms with van der Waals surface area (Å²) >= 11 is 3.37. The second-order valence-corrected chi connectivity index (χ2v) is 4.18. The Labute approximate surface area is 105 Å². The molecule has 0 aliphatic carbocycles. The van der Waals surface area contributed by atoms with Crippen molar-refractivity contribution in [3.8, 4) is 5.75 Å². The van der Waals surface area contributed by atoms with E-state index in [-0.39, 0.29) is 0 Å². The molecule has 0 atom stereocenters. The highest BCUT2D eigenvalue weighted by molar-refractivity contribution is 9.10. The topological polar surface area (TPSA) is 27.7 Å². The molecule has 1 rings (SSSR count). The lowest BCUT2D eigenvalue weighted by Crippen LogP contribution is -2.08. The SMILES string of the molecule is COCCCOCCOc1ccc(Br)cc1. The largest absolute Gasteiger partial charge is 0.491 e. The van der Waals surface area contributed by atoms with Gasteiger partial charge in [0.05, 0.1) is 6.61 Å². The van der Waals surface area contributed by atoms with E-state index in [1.807, 2.05) is 24.3 Å². The molecule has 0 aliphatic rings. The maximum atomic E-state index is 5.49. The molecule has 1 aromatic carbocycles. The smallest absolute Gasteiger partial charge is 0.119 e. The van der Waals surface area contributed by atoms with E-state index in [0.29, 0.717) is 13.2 Å². The van der Waals surface area contributed by atoms with Crippen molar-refractivity contribution in [3.63, 3.8) is 0 Å². The van der Waals surface area contributed by atoms with Crippen LogP contribution in [0.1, 0.15) is 6.42 Å². The van der Waals surface area contributed by atoms with Crippen LogP contribution in [-0.2, 0) is 9.47 Å². The Balaban J connectivity index is 2.01. The van der Waals surface area contributed by atoms with Crippen LogP contribution in [-0.4, -0.2) is 33.5 Å². The van der Waals surface area contributed by atoms with E-state index in [1.54, 1.807) is 7.11 Å². The van der Waals surface area contributed by atoms with E-state index < -0.39 is 0 Å². The molecule has 0 aromatic heterocycles. The maximum Gasteiger partial charge on any atom is 0.119 e. The van der Waals surface area contributed by atoms with Gasteiger partial charge < -0.3 is 14.2 Å². The van der Waals surface area contributed by atoms with E-state index in [9.17, 15) is 0 Å². The molecule has 0 saturated carbocycles. The van der Waals surface area contributed by atoms with Gasteiger partial charge >= 0.3 is 0 Å². The minimum absolute atomic E-state index is 0.578. The van der Waals surface area contributed by atoms with Crippen LogP contribution in [0.4, 0.5) is 0 Å². The average molecular weight is 289 g/mol. The van der Waals surface area contributed by atoms with E-state index >= 15 is 0 Å². The van der Waals surface area contributed by atoms with Gasteiger partial charge in [0.2, 0.25) is 0 Å². The van der Waals surface area contributed by atoms with Crippen LogP contribution in [0.25, 0.3) is 0 Å². The van der Waals surface area contributed by atoms with Crippen molar-refractivity contribution in [2.24, 2.45) is 0 Å². The third-order valence-corrected chi connectivity index (χ3v) is 2.48. The molecule has 0 bridgehead atoms. The van der Waals surface area contributed by atoms with Crippen molar-refractivity contribution in [2.75, 3.05) is 33.5 Å². The van der Waals surface area contributed by atoms with Crippen LogP contribution in [0, 0.1) is 0 Å². The molecule has 0 unspecified atom stereocenters. The summed E-state index contributed by atoms with van der Waals surface area (Å²) < 4.78 is 16.8. The molecule has 90 valence electrons. The molecule has 0 aliphatic heterocycles. The summed E-state index contributed by atoms with van der Waals surface area (Å²) in [5.74, 6) is 0.865. The minimum Gasteiger partial charge on any atom is -0.491 e. The van der Waals surface area contributed by atoms with Gasteiger partial charge in [-0.25, -0.2) is 0 Å². The van der Waals surface area contributed by atoms with E-state index in [1.165, 1.54) is 0 Å². The Kier molecular flexibility index (Phi) is 7.21. The average Bonchev–Trinajstić information content (AvgIpc) is 2.30. The maximum absolute atomic E-state index is 5.49. The van der Waals surface area contributed by atoms with Gasteiger partial charge in [0.15, 0.2) is 0 Å². The number of hydrogen-bond donors (Lipinski definition) is 0. The summed E-state index contributed by atoms with van der Waals surface area (Å²) in [5, 5.41) is 0. The number of rotatable bonds is 8. The Bertz CT molecular complexity index is 274. The Hall–Kier alpha value is -0.580. The van der Waals surface area contributed by atoms with Gasteiger partial charge in [-0.05, 0) is 30.7 Å². The van der Waals surface area contributed by atoms with Crippen molar-refractivity contribution in [3.05, 3.63) is 28.7 Å². The summed E-state index contributed by atoms with van der Waals surface area (Å²) in [4.78, 5) is 0. The van der Waals surface area contributed by atoms with Crippen molar-refractivity contribution < 1.29 is 14.2 Å². The van der Waals surface area contributed by atoms with Crippen LogP contribution in [0.5, 0.6) is 5.75 Å². The highest BCUT2D eigenvalue weighted by Gasteiger charge is 1.94. The molecule has 16 heavy (non-hydrogen) atoms. The summed E-state index contributed by atoms with van der Waals surface area (Å²) in [5.41, 5.74) is 0. The molecule has 0 N–H and O–H groups in total. The first-order valence-electron chi connectivity index (χ1n) is 5.28. The van der Waals surface area contributed by atoms with Crippen molar-refractivity contribution >= 4 is 15.9 Å². The third kappa shape index (κ3) is 6.10. The first-order valence-corrected chi connectivity index (χ1v) is 6.07. The lowest BCUT2D eigenvalue weighted by molar-refractivity contribution is 0.0806. The molecule has 1 aromatic rings. The number of halogens is 1. The van der Waals surface area contributed by atoms with Gasteiger partial charge in [0, 0.05) is 24.8 Å². The van der Waals surface area contributed by atoms with Crippen LogP contribution >= 0.6 is 15.9 Å². The number of ether oxygens (including phenoxy) is 3. The summed E-state index contributed by atoms with van der Waals surface area (Å²) in [7, 11) is 1.69. The molecule has 3 nitrogen and oxygen atoms in total. The summed E-state index contributed by atoms with van der Waals surface area (Å²) in [6.45, 7) is 2.65. The van der Waals surface area contributed by atoms with Crippen LogP contribution in [0.15, 0.2) is 28.7 Å². The van der Waals surface area contributed by atoms with E-state index in [4.69, 9.17) is 14.2 Å². The van der Waals surface area contributed by atoms with Gasteiger partial charge in [0.1, 0.15) is 12.4 Å². The van der Waals surface area contributed by atoms with Crippen LogP contribution in [0.3, 0.4) is 0 Å². The fourth-order valence-corrected chi connectivity index (χ4v) is 1.42. The van der Waals surface area contributed by atoms with Gasteiger partial charge in [-0.1, -0.05) is 15.9 Å². The van der Waals surface area contributed by atoms with Crippen molar-refractivity contribution in [1.82, 2.24) is 0 Å². The highest BCUT2D eigenvalue weighted by atomic mass is 79.9. The quantitative estimate of drug-likeness (QED) is 0.689. The standard InChI is InChI=1S/C12H17BrO3/c1-14-7-2-8-15-9-10-16-12-5-3-11(13)4-6-12/h3-6H,2,7-10H2,1H3. The molecule has 0 fully saturated rings. The van der Waals surface area contributed by atoms with Gasteiger partial charge in [-0.2, -0.15) is 0 Å². The highest BCUT2D eigenvalue weighted by Crippen LogP contribution is 2.15. The predicted molar refractivity (Wildman–Crippen MR) is 66.9 cm³/mol. The minimum atomic E-state index is 0.578. The molecule has 0 saturated heterocycles. The second kappa shape index (κ2) is 8.56. The van der Waals surface area contributed by atoms with E-state index in [0.717, 1.165) is 29.9 Å². The number of benzene rings is 1. The second-order valence-electron chi connectivity index (χ2n) is 3.26. The van der Waals surface area contributed by atoms with Gasteiger partial charge in [-0.15, -0.1) is 0 Å². The summed E-state index contributed by atoms with van der Waals surface area (Å²) in [6.07, 6.45) is 0.925. The molecule has 4 heteroatoms. The first kappa shape index (κ1) is 13.5. The lowest BCUT2D eigenvalue weighted by atomic mass is 10.3. The fourth-order valence-electron chi connectivity index (χ4n) is 1.16. The molecular weight excluding hydrogens is 272 g/mol. The lowest BCUT2D eigenvalue weighted by Gasteiger charge is -2.07. The molecule has 0 amide bonds. The van der Waals surface area contributed by atoms with Crippen molar-refractivity contribution in [1.29, 1.82) is 0 Å². The van der Waals surface area contributed by atoms with Crippen molar-refractivity contribution in [2.45, 2.75) is 6.42 Å². The molecular formula is C12H17BrO3. The van der Waals surface area contributed by atoms with Gasteiger partial charge in [-0.3, -0.25) is 0 Å². The number of methoxy groups -OCH3 is 1. The van der Waals surface area contributed by atoms with Gasteiger partial charge in [0.25, 0.3) is 0 Å². The third-order valence-electron chi connectivity index (χ3n) is 1.95. The molecule has 0 heterocycles. The predicted octanol–water partition coefficient (Wildman–Crippen LogP) is 2.88. The zero-order valence-electron chi connectivity index (χ0n) is 9.45. The fraction of sp³-hybridized carbons (Fsp3) is 0.500. The first-order chi connectivity index (χ1) is 7.83. The number of hydrogen-bond acceptors (Lipinski definition) is 3. The molecule has 0 radical (unpaired) electrons. The zero-order valence-corrected chi connectivity index (χ0v) is 11.0. The Morgan fingerprint density at radius 2 is 1.75 bits per heavy atom.